The van der Waals surface area contributed by atoms with Crippen LogP contribution in [0, 0.1) is 5.92 Å². The molecule has 0 aliphatic carbocycles. The lowest BCUT2D eigenvalue weighted by Gasteiger charge is -2.16. The van der Waals surface area contributed by atoms with Crippen LogP contribution in [-0.2, 0) is 0 Å². The van der Waals surface area contributed by atoms with Crippen molar-refractivity contribution in [1.29, 1.82) is 0 Å². The van der Waals surface area contributed by atoms with E-state index in [2.05, 4.69) is 61.6 Å². The Kier molecular flexibility index (Phi) is 7.68. The molecule has 0 radical (unpaired) electrons. The van der Waals surface area contributed by atoms with Crippen LogP contribution in [0.25, 0.3) is 6.08 Å². The monoisotopic (exact) mass is 311 g/mol. The van der Waals surface area contributed by atoms with Crippen LogP contribution in [-0.4, -0.2) is 13.1 Å². The van der Waals surface area contributed by atoms with Crippen LogP contribution in [0.15, 0.2) is 59.2 Å². The Labute approximate surface area is 140 Å². The Morgan fingerprint density at radius 2 is 1.83 bits per heavy atom. The lowest BCUT2D eigenvalue weighted by Crippen LogP contribution is -2.17. The minimum absolute atomic E-state index is 0.526. The zero-order valence-electron chi connectivity index (χ0n) is 14.4. The summed E-state index contributed by atoms with van der Waals surface area (Å²) < 4.78 is 5.62. The molecule has 0 unspecified atom stereocenters. The summed E-state index contributed by atoms with van der Waals surface area (Å²) in [5.41, 5.74) is 1.25. The van der Waals surface area contributed by atoms with E-state index in [-0.39, 0.29) is 0 Å². The summed E-state index contributed by atoms with van der Waals surface area (Å²) in [6.07, 6.45) is 9.71. The van der Waals surface area contributed by atoms with E-state index in [1.165, 1.54) is 18.4 Å². The standard InChI is InChI=1S/C21H29NO/c1-18(2)12-13-20(21-11-7-17-23-21)14-16-22-15-6-10-19-8-4-3-5-9-19/h3-11,17-18,20,22H,12-16H2,1-2H3/t20-/m0/s1. The second kappa shape index (κ2) is 10.1. The van der Waals surface area contributed by atoms with Crippen LogP contribution in [0.2, 0.25) is 0 Å². The Morgan fingerprint density at radius 3 is 2.52 bits per heavy atom. The van der Waals surface area contributed by atoms with E-state index >= 15 is 0 Å². The minimum Gasteiger partial charge on any atom is -0.469 e. The van der Waals surface area contributed by atoms with Crippen molar-refractivity contribution in [2.45, 2.75) is 39.0 Å². The molecule has 124 valence electrons. The first kappa shape index (κ1) is 17.6. The van der Waals surface area contributed by atoms with Gasteiger partial charge in [-0.2, -0.15) is 0 Å². The van der Waals surface area contributed by atoms with E-state index < -0.39 is 0 Å². The molecular weight excluding hydrogens is 282 g/mol. The van der Waals surface area contributed by atoms with Crippen LogP contribution >= 0.6 is 0 Å². The van der Waals surface area contributed by atoms with Crippen molar-refractivity contribution in [3.05, 3.63) is 66.1 Å². The third-order valence-electron chi connectivity index (χ3n) is 4.08. The maximum absolute atomic E-state index is 5.62. The lowest BCUT2D eigenvalue weighted by atomic mass is 9.93. The number of furan rings is 1. The molecule has 0 aliphatic heterocycles. The zero-order valence-corrected chi connectivity index (χ0v) is 14.4. The van der Waals surface area contributed by atoms with Crippen molar-refractivity contribution in [2.24, 2.45) is 5.92 Å². The SMILES string of the molecule is CC(C)CC[C@@H](CCNCC=Cc1ccccc1)c1ccco1. The van der Waals surface area contributed by atoms with E-state index in [9.17, 15) is 0 Å². The van der Waals surface area contributed by atoms with E-state index in [1.807, 2.05) is 12.1 Å². The van der Waals surface area contributed by atoms with E-state index in [0.29, 0.717) is 5.92 Å². The predicted octanol–water partition coefficient (Wildman–Crippen LogP) is 5.49. The quantitative estimate of drug-likeness (QED) is 0.587. The van der Waals surface area contributed by atoms with Crippen molar-refractivity contribution in [3.63, 3.8) is 0 Å². The molecule has 1 aromatic heterocycles. The molecule has 2 heteroatoms. The highest BCUT2D eigenvalue weighted by molar-refractivity contribution is 5.48. The van der Waals surface area contributed by atoms with Gasteiger partial charge in [0.05, 0.1) is 6.26 Å². The molecule has 1 N–H and O–H groups in total. The molecule has 0 saturated heterocycles. The van der Waals surface area contributed by atoms with Gasteiger partial charge in [0, 0.05) is 12.5 Å². The highest BCUT2D eigenvalue weighted by atomic mass is 16.3. The van der Waals surface area contributed by atoms with Gasteiger partial charge < -0.3 is 9.73 Å². The molecule has 0 aliphatic rings. The van der Waals surface area contributed by atoms with Gasteiger partial charge in [0.2, 0.25) is 0 Å². The number of nitrogens with one attached hydrogen (secondary N) is 1. The third-order valence-corrected chi connectivity index (χ3v) is 4.08. The van der Waals surface area contributed by atoms with Crippen LogP contribution in [0.4, 0.5) is 0 Å². The van der Waals surface area contributed by atoms with Gasteiger partial charge in [-0.1, -0.05) is 62.8 Å². The van der Waals surface area contributed by atoms with Gasteiger partial charge in [0.15, 0.2) is 0 Å². The van der Waals surface area contributed by atoms with Crippen molar-refractivity contribution in [1.82, 2.24) is 5.32 Å². The van der Waals surface area contributed by atoms with Crippen molar-refractivity contribution in [3.8, 4) is 0 Å². The van der Waals surface area contributed by atoms with Gasteiger partial charge in [0.25, 0.3) is 0 Å². The summed E-state index contributed by atoms with van der Waals surface area (Å²) in [5.74, 6) is 2.40. The van der Waals surface area contributed by atoms with Crippen LogP contribution in [0.5, 0.6) is 0 Å². The topological polar surface area (TPSA) is 25.2 Å². The van der Waals surface area contributed by atoms with Gasteiger partial charge in [-0.3, -0.25) is 0 Å². The van der Waals surface area contributed by atoms with Crippen LogP contribution < -0.4 is 5.32 Å². The summed E-state index contributed by atoms with van der Waals surface area (Å²) in [4.78, 5) is 0. The molecule has 0 saturated carbocycles. The Bertz CT molecular complexity index is 542. The van der Waals surface area contributed by atoms with Gasteiger partial charge in [0.1, 0.15) is 5.76 Å². The number of hydrogen-bond donors (Lipinski definition) is 1. The number of benzene rings is 1. The molecular formula is C21H29NO. The molecule has 2 nitrogen and oxygen atoms in total. The predicted molar refractivity (Wildman–Crippen MR) is 98.5 cm³/mol. The first-order valence-electron chi connectivity index (χ1n) is 8.71. The minimum atomic E-state index is 0.526. The van der Waals surface area contributed by atoms with E-state index in [0.717, 1.165) is 31.2 Å². The highest BCUT2D eigenvalue weighted by Crippen LogP contribution is 2.26. The molecule has 0 spiro atoms. The van der Waals surface area contributed by atoms with E-state index in [1.54, 1.807) is 6.26 Å². The molecule has 0 fully saturated rings. The third kappa shape index (κ3) is 6.87. The van der Waals surface area contributed by atoms with Gasteiger partial charge in [-0.25, -0.2) is 0 Å². The Balaban J connectivity index is 1.70. The number of rotatable bonds is 10. The largest absolute Gasteiger partial charge is 0.469 e. The van der Waals surface area contributed by atoms with Crippen LogP contribution in [0.1, 0.15) is 50.4 Å². The molecule has 1 heterocycles. The smallest absolute Gasteiger partial charge is 0.106 e. The fourth-order valence-electron chi connectivity index (χ4n) is 2.71. The molecule has 0 amide bonds. The van der Waals surface area contributed by atoms with Crippen molar-refractivity contribution in [2.75, 3.05) is 13.1 Å². The summed E-state index contributed by atoms with van der Waals surface area (Å²) in [6, 6.07) is 14.5. The second-order valence-electron chi connectivity index (χ2n) is 6.49. The Morgan fingerprint density at radius 1 is 1.00 bits per heavy atom. The second-order valence-corrected chi connectivity index (χ2v) is 6.49. The fourth-order valence-corrected chi connectivity index (χ4v) is 2.71. The van der Waals surface area contributed by atoms with Crippen molar-refractivity contribution >= 4 is 6.08 Å². The maximum Gasteiger partial charge on any atom is 0.106 e. The summed E-state index contributed by atoms with van der Waals surface area (Å²) in [6.45, 7) is 6.49. The first-order valence-corrected chi connectivity index (χ1v) is 8.71. The van der Waals surface area contributed by atoms with E-state index in [4.69, 9.17) is 4.42 Å². The fraction of sp³-hybridized carbons (Fsp3) is 0.429. The maximum atomic E-state index is 5.62. The molecule has 23 heavy (non-hydrogen) atoms. The first-order chi connectivity index (χ1) is 11.3. The summed E-state index contributed by atoms with van der Waals surface area (Å²) in [7, 11) is 0. The Hall–Kier alpha value is -1.80. The molecule has 1 aromatic carbocycles. The molecule has 0 bridgehead atoms. The summed E-state index contributed by atoms with van der Waals surface area (Å²) >= 11 is 0. The van der Waals surface area contributed by atoms with Crippen LogP contribution in [0.3, 0.4) is 0 Å². The molecule has 2 rings (SSSR count). The lowest BCUT2D eigenvalue weighted by molar-refractivity contribution is 0.399. The molecule has 2 aromatic rings. The summed E-state index contributed by atoms with van der Waals surface area (Å²) in [5, 5.41) is 3.51. The van der Waals surface area contributed by atoms with Gasteiger partial charge in [-0.05, 0) is 43.0 Å². The average molecular weight is 311 g/mol. The highest BCUT2D eigenvalue weighted by Gasteiger charge is 2.14. The normalized spacial score (nSPS) is 13.0. The number of hydrogen-bond acceptors (Lipinski definition) is 2. The van der Waals surface area contributed by atoms with Crippen molar-refractivity contribution < 1.29 is 4.42 Å². The van der Waals surface area contributed by atoms with Gasteiger partial charge >= 0.3 is 0 Å². The van der Waals surface area contributed by atoms with Gasteiger partial charge in [-0.15, -0.1) is 0 Å². The average Bonchev–Trinajstić information content (AvgIpc) is 3.08. The molecule has 1 atom stereocenters. The zero-order chi connectivity index (χ0) is 16.3.